The number of ether oxygens (including phenoxy) is 1. The van der Waals surface area contributed by atoms with Crippen LogP contribution in [0.25, 0.3) is 10.9 Å². The zero-order valence-corrected chi connectivity index (χ0v) is 19.7. The van der Waals surface area contributed by atoms with Gasteiger partial charge in [-0.3, -0.25) is 4.79 Å². The van der Waals surface area contributed by atoms with Crippen molar-refractivity contribution < 1.29 is 22.7 Å². The van der Waals surface area contributed by atoms with E-state index in [2.05, 4.69) is 15.3 Å². The number of methoxy groups -OCH3 is 1. The van der Waals surface area contributed by atoms with Crippen LogP contribution in [0, 0.1) is 0 Å². The summed E-state index contributed by atoms with van der Waals surface area (Å²) in [4.78, 5) is 23.7. The van der Waals surface area contributed by atoms with Crippen LogP contribution in [0.2, 0.25) is 5.02 Å². The maximum absolute atomic E-state index is 12.9. The maximum Gasteiger partial charge on any atom is 0.416 e. The lowest BCUT2D eigenvalue weighted by molar-refractivity contribution is -0.137. The molecule has 3 aromatic rings. The van der Waals surface area contributed by atoms with Gasteiger partial charge < -0.3 is 15.0 Å². The predicted octanol–water partition coefficient (Wildman–Crippen LogP) is 5.02. The summed E-state index contributed by atoms with van der Waals surface area (Å²) in [7, 11) is 1.59. The number of aryl methyl sites for hydroxylation is 1. The van der Waals surface area contributed by atoms with Gasteiger partial charge in [0.05, 0.1) is 17.7 Å². The Kier molecular flexibility index (Phi) is 8.68. The number of halogens is 4. The van der Waals surface area contributed by atoms with E-state index < -0.39 is 11.7 Å². The van der Waals surface area contributed by atoms with Gasteiger partial charge in [0.2, 0.25) is 5.91 Å². The summed E-state index contributed by atoms with van der Waals surface area (Å²) in [5, 5.41) is 4.07. The van der Waals surface area contributed by atoms with E-state index in [1.165, 1.54) is 6.07 Å². The van der Waals surface area contributed by atoms with Crippen molar-refractivity contribution in [2.45, 2.75) is 32.5 Å². The number of hydrogen-bond acceptors (Lipinski definition) is 5. The van der Waals surface area contributed by atoms with Crippen LogP contribution in [-0.4, -0.2) is 42.7 Å². The number of nitrogens with one attached hydrogen (secondary N) is 1. The molecule has 0 radical (unpaired) electrons. The van der Waals surface area contributed by atoms with E-state index >= 15 is 0 Å². The Morgan fingerprint density at radius 2 is 1.94 bits per heavy atom. The summed E-state index contributed by atoms with van der Waals surface area (Å²) >= 11 is 6.14. The average Bonchev–Trinajstić information content (AvgIpc) is 2.81. The monoisotopic (exact) mass is 494 g/mol. The minimum absolute atomic E-state index is 0.00967. The molecular weight excluding hydrogens is 469 g/mol. The van der Waals surface area contributed by atoms with Gasteiger partial charge in [-0.2, -0.15) is 13.2 Å². The van der Waals surface area contributed by atoms with Crippen LogP contribution in [0.5, 0.6) is 0 Å². The first kappa shape index (κ1) is 25.7. The third-order valence-corrected chi connectivity index (χ3v) is 5.45. The van der Waals surface area contributed by atoms with Crippen LogP contribution in [0.15, 0.2) is 42.5 Å². The van der Waals surface area contributed by atoms with Crippen molar-refractivity contribution in [3.8, 4) is 0 Å². The molecule has 0 aliphatic carbocycles. The molecule has 0 saturated carbocycles. The summed E-state index contributed by atoms with van der Waals surface area (Å²) in [5.41, 5.74) is 0.351. The first-order valence-electron chi connectivity index (χ1n) is 10.8. The quantitative estimate of drug-likeness (QED) is 0.428. The van der Waals surface area contributed by atoms with Gasteiger partial charge in [-0.15, -0.1) is 0 Å². The molecule has 0 spiro atoms. The highest BCUT2D eigenvalue weighted by atomic mass is 35.5. The Bertz CT molecular complexity index is 1140. The van der Waals surface area contributed by atoms with E-state index in [0.717, 1.165) is 17.5 Å². The Labute approximate surface area is 201 Å². The minimum atomic E-state index is -4.43. The lowest BCUT2D eigenvalue weighted by Gasteiger charge is -2.25. The molecule has 34 heavy (non-hydrogen) atoms. The lowest BCUT2D eigenvalue weighted by atomic mass is 10.1. The standard InChI is InChI=1S/C24H26ClF3N4O2/c1-3-21-30-20-14-18(25)7-8-19(20)23(31-21)32(11-12-34-2)10-9-22(33)29-15-16-5-4-6-17(13-16)24(26,27)28/h4-8,13-14H,3,9-12,15H2,1-2H3,(H,29,33). The molecule has 1 N–H and O–H groups in total. The zero-order valence-electron chi connectivity index (χ0n) is 19.0. The van der Waals surface area contributed by atoms with E-state index in [9.17, 15) is 18.0 Å². The van der Waals surface area contributed by atoms with Crippen LogP contribution in [0.1, 0.15) is 30.3 Å². The summed E-state index contributed by atoms with van der Waals surface area (Å²) in [5.74, 6) is 1.05. The second-order valence-electron chi connectivity index (χ2n) is 7.68. The number of alkyl halides is 3. The summed E-state index contributed by atoms with van der Waals surface area (Å²) < 4.78 is 44.0. The molecule has 6 nitrogen and oxygen atoms in total. The molecule has 0 bridgehead atoms. The van der Waals surface area contributed by atoms with Gasteiger partial charge in [0.15, 0.2) is 0 Å². The van der Waals surface area contributed by atoms with Crippen molar-refractivity contribution in [2.75, 3.05) is 31.7 Å². The van der Waals surface area contributed by atoms with E-state index in [1.807, 2.05) is 17.9 Å². The van der Waals surface area contributed by atoms with Gasteiger partial charge >= 0.3 is 6.18 Å². The van der Waals surface area contributed by atoms with Crippen molar-refractivity contribution in [1.29, 1.82) is 0 Å². The number of nitrogens with zero attached hydrogens (tertiary/aromatic N) is 3. The van der Waals surface area contributed by atoms with Gasteiger partial charge in [-0.1, -0.05) is 30.7 Å². The number of carbonyl (C=O) groups excluding carboxylic acids is 1. The predicted molar refractivity (Wildman–Crippen MR) is 126 cm³/mol. The third-order valence-electron chi connectivity index (χ3n) is 5.22. The van der Waals surface area contributed by atoms with Crippen LogP contribution in [0.3, 0.4) is 0 Å². The second-order valence-corrected chi connectivity index (χ2v) is 8.12. The SMILES string of the molecule is CCc1nc(N(CCOC)CCC(=O)NCc2cccc(C(F)(F)F)c2)c2ccc(Cl)cc2n1. The Hall–Kier alpha value is -2.91. The minimum Gasteiger partial charge on any atom is -0.383 e. The highest BCUT2D eigenvalue weighted by Crippen LogP contribution is 2.29. The van der Waals surface area contributed by atoms with E-state index in [1.54, 1.807) is 25.3 Å². The fourth-order valence-electron chi connectivity index (χ4n) is 3.44. The van der Waals surface area contributed by atoms with Crippen molar-refractivity contribution in [3.63, 3.8) is 0 Å². The first-order chi connectivity index (χ1) is 16.2. The molecule has 10 heteroatoms. The highest BCUT2D eigenvalue weighted by Gasteiger charge is 2.30. The second kappa shape index (κ2) is 11.5. The molecule has 0 unspecified atom stereocenters. The summed E-state index contributed by atoms with van der Waals surface area (Å²) in [6.45, 7) is 3.23. The molecule has 1 amide bonds. The number of carbonyl (C=O) groups is 1. The molecule has 1 heterocycles. The van der Waals surface area contributed by atoms with Crippen LogP contribution < -0.4 is 10.2 Å². The van der Waals surface area contributed by atoms with Crippen LogP contribution in [-0.2, 0) is 28.7 Å². The van der Waals surface area contributed by atoms with E-state index in [0.29, 0.717) is 53.9 Å². The van der Waals surface area contributed by atoms with Crippen molar-refractivity contribution in [3.05, 3.63) is 64.4 Å². The lowest BCUT2D eigenvalue weighted by Crippen LogP contribution is -2.33. The smallest absolute Gasteiger partial charge is 0.383 e. The Morgan fingerprint density at radius 1 is 1.15 bits per heavy atom. The molecule has 1 aromatic heterocycles. The molecule has 0 aliphatic rings. The fourth-order valence-corrected chi connectivity index (χ4v) is 3.61. The van der Waals surface area contributed by atoms with Gasteiger partial charge in [0.1, 0.15) is 11.6 Å². The topological polar surface area (TPSA) is 67.4 Å². The number of benzene rings is 2. The molecule has 182 valence electrons. The molecule has 2 aromatic carbocycles. The van der Waals surface area contributed by atoms with E-state index in [-0.39, 0.29) is 18.9 Å². The Balaban J connectivity index is 1.72. The van der Waals surface area contributed by atoms with Gasteiger partial charge in [-0.05, 0) is 35.9 Å². The average molecular weight is 495 g/mol. The third kappa shape index (κ3) is 6.80. The zero-order chi connectivity index (χ0) is 24.7. The molecule has 0 fully saturated rings. The molecule has 0 atom stereocenters. The molecule has 3 rings (SSSR count). The fraction of sp³-hybridized carbons (Fsp3) is 0.375. The number of anilines is 1. The number of aromatic nitrogens is 2. The van der Waals surface area contributed by atoms with Crippen LogP contribution >= 0.6 is 11.6 Å². The molecule has 0 saturated heterocycles. The van der Waals surface area contributed by atoms with Gasteiger partial charge in [0, 0.05) is 50.0 Å². The maximum atomic E-state index is 12.9. The first-order valence-corrected chi connectivity index (χ1v) is 11.2. The van der Waals surface area contributed by atoms with Crippen molar-refractivity contribution in [1.82, 2.24) is 15.3 Å². The normalized spacial score (nSPS) is 11.6. The van der Waals surface area contributed by atoms with Crippen LogP contribution in [0.4, 0.5) is 19.0 Å². The number of fused-ring (bicyclic) bond motifs is 1. The highest BCUT2D eigenvalue weighted by molar-refractivity contribution is 6.31. The largest absolute Gasteiger partial charge is 0.416 e. The van der Waals surface area contributed by atoms with Crippen molar-refractivity contribution >= 4 is 34.2 Å². The number of amides is 1. The summed E-state index contributed by atoms with van der Waals surface area (Å²) in [6, 6.07) is 10.3. The summed E-state index contributed by atoms with van der Waals surface area (Å²) in [6.07, 6.45) is -3.67. The van der Waals surface area contributed by atoms with Gasteiger partial charge in [0.25, 0.3) is 0 Å². The number of hydrogen-bond donors (Lipinski definition) is 1. The molecular formula is C24H26ClF3N4O2. The Morgan fingerprint density at radius 3 is 2.65 bits per heavy atom. The number of rotatable bonds is 10. The molecule has 0 aliphatic heterocycles. The van der Waals surface area contributed by atoms with Gasteiger partial charge in [-0.25, -0.2) is 9.97 Å². The van der Waals surface area contributed by atoms with Crippen molar-refractivity contribution in [2.24, 2.45) is 0 Å². The van der Waals surface area contributed by atoms with E-state index in [4.69, 9.17) is 16.3 Å².